The zero-order chi connectivity index (χ0) is 18.3. The Hall–Kier alpha value is -2.42. The van der Waals surface area contributed by atoms with E-state index in [1.54, 1.807) is 18.2 Å². The van der Waals surface area contributed by atoms with E-state index >= 15 is 0 Å². The summed E-state index contributed by atoms with van der Waals surface area (Å²) >= 11 is 0. The first-order valence-corrected chi connectivity index (χ1v) is 9.05. The van der Waals surface area contributed by atoms with Crippen LogP contribution in [0.1, 0.15) is 11.1 Å². The molecule has 2 aromatic rings. The highest BCUT2D eigenvalue weighted by atomic mass is 32.2. The molecule has 2 aromatic carbocycles. The standard InChI is InChI=1S/C17H21N3O4S/c1-20(2)25(22,23)16-11-7-6-10-15(16)12-18-17(21)19-24-13-14-8-4-3-5-9-14/h3-11H,12-13H2,1-2H3,(H2,18,19,21). The van der Waals surface area contributed by atoms with Crippen molar-refractivity contribution < 1.29 is 18.0 Å². The molecule has 0 aliphatic carbocycles. The van der Waals surface area contributed by atoms with E-state index in [0.717, 1.165) is 9.87 Å². The van der Waals surface area contributed by atoms with Crippen molar-refractivity contribution in [2.24, 2.45) is 0 Å². The second-order valence-corrected chi connectivity index (χ2v) is 7.57. The van der Waals surface area contributed by atoms with E-state index in [4.69, 9.17) is 4.84 Å². The molecular weight excluding hydrogens is 342 g/mol. The Kier molecular flexibility index (Phi) is 6.51. The predicted molar refractivity (Wildman–Crippen MR) is 93.9 cm³/mol. The SMILES string of the molecule is CN(C)S(=O)(=O)c1ccccc1CNC(=O)NOCc1ccccc1. The number of nitrogens with zero attached hydrogens (tertiary/aromatic N) is 1. The molecule has 0 saturated carbocycles. The molecule has 25 heavy (non-hydrogen) atoms. The number of rotatable bonds is 7. The summed E-state index contributed by atoms with van der Waals surface area (Å²) in [7, 11) is -0.654. The van der Waals surface area contributed by atoms with Gasteiger partial charge in [0, 0.05) is 20.6 Å². The average molecular weight is 363 g/mol. The summed E-state index contributed by atoms with van der Waals surface area (Å²) in [5.74, 6) is 0. The smallest absolute Gasteiger partial charge is 0.332 e. The summed E-state index contributed by atoms with van der Waals surface area (Å²) in [6.07, 6.45) is 0. The highest BCUT2D eigenvalue weighted by Crippen LogP contribution is 2.18. The van der Waals surface area contributed by atoms with Gasteiger partial charge in [-0.25, -0.2) is 23.0 Å². The number of benzene rings is 2. The molecule has 0 unspecified atom stereocenters. The Balaban J connectivity index is 1.90. The Bertz CT molecular complexity index is 808. The molecule has 0 atom stereocenters. The van der Waals surface area contributed by atoms with Crippen molar-refractivity contribution in [3.8, 4) is 0 Å². The summed E-state index contributed by atoms with van der Waals surface area (Å²) in [5, 5.41) is 2.58. The predicted octanol–water partition coefficient (Wildman–Crippen LogP) is 1.87. The molecule has 2 N–H and O–H groups in total. The third-order valence-electron chi connectivity index (χ3n) is 3.42. The minimum Gasteiger partial charge on any atom is -0.332 e. The number of nitrogens with one attached hydrogen (secondary N) is 2. The average Bonchev–Trinajstić information content (AvgIpc) is 2.61. The van der Waals surface area contributed by atoms with Gasteiger partial charge in [0.15, 0.2) is 0 Å². The number of carbonyl (C=O) groups is 1. The van der Waals surface area contributed by atoms with Gasteiger partial charge in [0.05, 0.1) is 11.5 Å². The van der Waals surface area contributed by atoms with Gasteiger partial charge in [-0.2, -0.15) is 0 Å². The normalized spacial score (nSPS) is 11.3. The Labute approximate surface area is 147 Å². The molecule has 0 bridgehead atoms. The lowest BCUT2D eigenvalue weighted by Crippen LogP contribution is -2.35. The largest absolute Gasteiger partial charge is 0.338 e. The van der Waals surface area contributed by atoms with Gasteiger partial charge < -0.3 is 5.32 Å². The molecule has 0 spiro atoms. The minimum atomic E-state index is -3.58. The van der Waals surface area contributed by atoms with Crippen LogP contribution >= 0.6 is 0 Å². The second kappa shape index (κ2) is 8.61. The van der Waals surface area contributed by atoms with Crippen LogP contribution in [0.2, 0.25) is 0 Å². The van der Waals surface area contributed by atoms with Crippen LogP contribution in [-0.4, -0.2) is 32.8 Å². The van der Waals surface area contributed by atoms with E-state index < -0.39 is 16.1 Å². The Morgan fingerprint density at radius 2 is 1.68 bits per heavy atom. The fourth-order valence-corrected chi connectivity index (χ4v) is 3.18. The van der Waals surface area contributed by atoms with E-state index in [0.29, 0.717) is 5.56 Å². The van der Waals surface area contributed by atoms with Crippen LogP contribution in [0.15, 0.2) is 59.5 Å². The van der Waals surface area contributed by atoms with Crippen LogP contribution in [-0.2, 0) is 28.0 Å². The van der Waals surface area contributed by atoms with Crippen molar-refractivity contribution in [3.05, 3.63) is 65.7 Å². The first-order chi connectivity index (χ1) is 11.9. The fourth-order valence-electron chi connectivity index (χ4n) is 2.07. The van der Waals surface area contributed by atoms with Gasteiger partial charge in [0.1, 0.15) is 0 Å². The van der Waals surface area contributed by atoms with E-state index in [9.17, 15) is 13.2 Å². The molecule has 134 valence electrons. The number of amides is 2. The highest BCUT2D eigenvalue weighted by molar-refractivity contribution is 7.89. The van der Waals surface area contributed by atoms with Gasteiger partial charge in [0.25, 0.3) is 0 Å². The maximum absolute atomic E-state index is 12.3. The minimum absolute atomic E-state index is 0.0593. The maximum atomic E-state index is 12.3. The lowest BCUT2D eigenvalue weighted by Gasteiger charge is -2.15. The van der Waals surface area contributed by atoms with E-state index in [1.165, 1.54) is 20.2 Å². The van der Waals surface area contributed by atoms with E-state index in [-0.39, 0.29) is 18.0 Å². The Morgan fingerprint density at radius 3 is 2.36 bits per heavy atom. The molecule has 0 aliphatic rings. The van der Waals surface area contributed by atoms with Crippen LogP contribution in [0, 0.1) is 0 Å². The first kappa shape index (κ1) is 18.9. The van der Waals surface area contributed by atoms with E-state index in [1.807, 2.05) is 30.3 Å². The number of hydrogen-bond donors (Lipinski definition) is 2. The van der Waals surface area contributed by atoms with Crippen LogP contribution in [0.25, 0.3) is 0 Å². The summed E-state index contributed by atoms with van der Waals surface area (Å²) in [4.78, 5) is 17.1. The monoisotopic (exact) mass is 363 g/mol. The molecule has 7 nitrogen and oxygen atoms in total. The molecule has 0 aromatic heterocycles. The fraction of sp³-hybridized carbons (Fsp3) is 0.235. The quantitative estimate of drug-likeness (QED) is 0.735. The van der Waals surface area contributed by atoms with Gasteiger partial charge in [-0.3, -0.25) is 4.84 Å². The number of urea groups is 1. The zero-order valence-electron chi connectivity index (χ0n) is 14.1. The van der Waals surface area contributed by atoms with Crippen molar-refractivity contribution >= 4 is 16.1 Å². The van der Waals surface area contributed by atoms with Gasteiger partial charge in [-0.1, -0.05) is 48.5 Å². The van der Waals surface area contributed by atoms with Crippen molar-refractivity contribution in [2.45, 2.75) is 18.0 Å². The number of hydrogen-bond acceptors (Lipinski definition) is 4. The van der Waals surface area contributed by atoms with Gasteiger partial charge in [-0.15, -0.1) is 0 Å². The summed E-state index contributed by atoms with van der Waals surface area (Å²) in [5.41, 5.74) is 3.69. The molecule has 2 amide bonds. The van der Waals surface area contributed by atoms with Crippen molar-refractivity contribution in [2.75, 3.05) is 14.1 Å². The third kappa shape index (κ3) is 5.28. The zero-order valence-corrected chi connectivity index (χ0v) is 14.9. The molecule has 0 saturated heterocycles. The molecule has 0 heterocycles. The van der Waals surface area contributed by atoms with Crippen molar-refractivity contribution in [1.82, 2.24) is 15.1 Å². The third-order valence-corrected chi connectivity index (χ3v) is 5.33. The topological polar surface area (TPSA) is 87.7 Å². The second-order valence-electron chi connectivity index (χ2n) is 5.45. The lowest BCUT2D eigenvalue weighted by molar-refractivity contribution is 0.0489. The lowest BCUT2D eigenvalue weighted by atomic mass is 10.2. The molecular formula is C17H21N3O4S. The first-order valence-electron chi connectivity index (χ1n) is 7.61. The molecule has 0 aliphatic heterocycles. The summed E-state index contributed by atoms with van der Waals surface area (Å²) in [6, 6.07) is 15.4. The molecule has 0 fully saturated rings. The van der Waals surface area contributed by atoms with Crippen molar-refractivity contribution in [3.63, 3.8) is 0 Å². The number of sulfonamides is 1. The summed E-state index contributed by atoms with van der Waals surface area (Å²) in [6.45, 7) is 0.295. The van der Waals surface area contributed by atoms with Gasteiger partial charge >= 0.3 is 6.03 Å². The molecule has 8 heteroatoms. The van der Waals surface area contributed by atoms with Gasteiger partial charge in [0.2, 0.25) is 10.0 Å². The van der Waals surface area contributed by atoms with Crippen LogP contribution in [0.4, 0.5) is 4.79 Å². The molecule has 0 radical (unpaired) electrons. The van der Waals surface area contributed by atoms with Crippen LogP contribution < -0.4 is 10.8 Å². The molecule has 2 rings (SSSR count). The Morgan fingerprint density at radius 1 is 1.04 bits per heavy atom. The number of hydroxylamine groups is 1. The number of carbonyl (C=O) groups excluding carboxylic acids is 1. The summed E-state index contributed by atoms with van der Waals surface area (Å²) < 4.78 is 25.7. The van der Waals surface area contributed by atoms with E-state index in [2.05, 4.69) is 10.8 Å². The maximum Gasteiger partial charge on any atom is 0.338 e. The van der Waals surface area contributed by atoms with Gasteiger partial charge in [-0.05, 0) is 17.2 Å². The van der Waals surface area contributed by atoms with Crippen molar-refractivity contribution in [1.29, 1.82) is 0 Å². The van der Waals surface area contributed by atoms with Crippen LogP contribution in [0.3, 0.4) is 0 Å². The highest BCUT2D eigenvalue weighted by Gasteiger charge is 2.20. The van der Waals surface area contributed by atoms with Crippen LogP contribution in [0.5, 0.6) is 0 Å².